The summed E-state index contributed by atoms with van der Waals surface area (Å²) in [6, 6.07) is 15.9. The predicted octanol–water partition coefficient (Wildman–Crippen LogP) is 6.63. The highest BCUT2D eigenvalue weighted by molar-refractivity contribution is 8.05. The van der Waals surface area contributed by atoms with Crippen LogP contribution in [-0.2, 0) is 4.79 Å². The molecule has 0 spiro atoms. The van der Waals surface area contributed by atoms with Gasteiger partial charge in [-0.1, -0.05) is 61.3 Å². The van der Waals surface area contributed by atoms with Gasteiger partial charge in [-0.25, -0.2) is 0 Å². The summed E-state index contributed by atoms with van der Waals surface area (Å²) in [5, 5.41) is 4.20. The van der Waals surface area contributed by atoms with Gasteiger partial charge in [-0.2, -0.15) is 0 Å². The number of hydrogen-bond acceptors (Lipinski definition) is 4. The number of para-hydroxylation sites is 1. The molecular weight excluding hydrogens is 428 g/mol. The van der Waals surface area contributed by atoms with E-state index in [9.17, 15) is 4.79 Å². The molecule has 1 aliphatic heterocycles. The Morgan fingerprint density at radius 3 is 2.71 bits per heavy atom. The van der Waals surface area contributed by atoms with E-state index in [-0.39, 0.29) is 17.4 Å². The van der Waals surface area contributed by atoms with Crippen LogP contribution in [0, 0.1) is 5.92 Å². The van der Waals surface area contributed by atoms with Gasteiger partial charge in [-0.05, 0) is 62.1 Å². The molecular formula is C25H29ClN2O2S. The minimum atomic E-state index is -0.138. The average molecular weight is 457 g/mol. The Morgan fingerprint density at radius 2 is 1.97 bits per heavy atom. The van der Waals surface area contributed by atoms with Gasteiger partial charge in [-0.3, -0.25) is 4.79 Å². The van der Waals surface area contributed by atoms with E-state index < -0.39 is 0 Å². The third-order valence-corrected chi connectivity index (χ3v) is 7.33. The first-order chi connectivity index (χ1) is 15.1. The van der Waals surface area contributed by atoms with Gasteiger partial charge >= 0.3 is 0 Å². The van der Waals surface area contributed by atoms with E-state index in [1.54, 1.807) is 11.8 Å². The molecule has 1 heterocycles. The van der Waals surface area contributed by atoms with E-state index >= 15 is 0 Å². The number of halogens is 1. The van der Waals surface area contributed by atoms with Gasteiger partial charge in [0.25, 0.3) is 5.91 Å². The maximum atomic E-state index is 13.6. The lowest BCUT2D eigenvalue weighted by molar-refractivity contribution is -0.129. The van der Waals surface area contributed by atoms with Crippen LogP contribution in [0.4, 0.5) is 5.69 Å². The fraction of sp³-hybridized carbons (Fsp3) is 0.400. The molecule has 1 saturated heterocycles. The lowest BCUT2D eigenvalue weighted by Gasteiger charge is -2.39. The lowest BCUT2D eigenvalue weighted by atomic mass is 9.85. The molecule has 0 radical (unpaired) electrons. The second kappa shape index (κ2) is 10.0. The van der Waals surface area contributed by atoms with E-state index in [0.717, 1.165) is 28.3 Å². The third kappa shape index (κ3) is 5.04. The fourth-order valence-electron chi connectivity index (χ4n) is 4.43. The van der Waals surface area contributed by atoms with Gasteiger partial charge < -0.3 is 15.0 Å². The van der Waals surface area contributed by atoms with Crippen LogP contribution in [0.25, 0.3) is 6.08 Å². The number of rotatable bonds is 6. The summed E-state index contributed by atoms with van der Waals surface area (Å²) >= 11 is 7.82. The number of anilines is 1. The number of hydrogen-bond donors (Lipinski definition) is 1. The van der Waals surface area contributed by atoms with E-state index in [1.807, 2.05) is 61.5 Å². The van der Waals surface area contributed by atoms with Crippen molar-refractivity contribution in [2.24, 2.45) is 5.92 Å². The molecule has 2 fully saturated rings. The molecule has 2 aromatic rings. The van der Waals surface area contributed by atoms with Crippen molar-refractivity contribution in [2.75, 3.05) is 11.9 Å². The maximum absolute atomic E-state index is 13.6. The zero-order chi connectivity index (χ0) is 21.8. The van der Waals surface area contributed by atoms with Crippen LogP contribution >= 0.6 is 23.4 Å². The summed E-state index contributed by atoms with van der Waals surface area (Å²) < 4.78 is 5.77. The molecule has 4 rings (SSSR count). The van der Waals surface area contributed by atoms with Crippen molar-refractivity contribution in [1.82, 2.24) is 4.90 Å². The van der Waals surface area contributed by atoms with E-state index in [0.29, 0.717) is 17.5 Å². The Bertz CT molecular complexity index is 950. The van der Waals surface area contributed by atoms with Crippen LogP contribution < -0.4 is 10.1 Å². The highest BCUT2D eigenvalue weighted by atomic mass is 35.5. The van der Waals surface area contributed by atoms with Crippen LogP contribution in [0.3, 0.4) is 0 Å². The molecule has 1 amide bonds. The number of ether oxygens (including phenoxy) is 1. The first-order valence-electron chi connectivity index (χ1n) is 11.0. The largest absolute Gasteiger partial charge is 0.493 e. The highest BCUT2D eigenvalue weighted by Gasteiger charge is 2.43. The molecule has 4 nitrogen and oxygen atoms in total. The second-order valence-corrected chi connectivity index (χ2v) is 9.70. The van der Waals surface area contributed by atoms with Crippen LogP contribution in [-0.4, -0.2) is 29.0 Å². The predicted molar refractivity (Wildman–Crippen MR) is 130 cm³/mol. The molecule has 2 aromatic carbocycles. The topological polar surface area (TPSA) is 41.6 Å². The number of nitrogens with zero attached hydrogens (tertiary/aromatic N) is 1. The summed E-state index contributed by atoms with van der Waals surface area (Å²) in [5.74, 6) is 1.31. The Kier molecular flexibility index (Phi) is 7.13. The number of carbonyl (C=O) groups is 1. The zero-order valence-electron chi connectivity index (χ0n) is 18.0. The molecule has 0 aromatic heterocycles. The van der Waals surface area contributed by atoms with Gasteiger partial charge in [-0.15, -0.1) is 0 Å². The van der Waals surface area contributed by atoms with Crippen LogP contribution in [0.5, 0.6) is 5.75 Å². The summed E-state index contributed by atoms with van der Waals surface area (Å²) in [6.07, 6.45) is 6.56. The summed E-state index contributed by atoms with van der Waals surface area (Å²) in [5.41, 5.74) is 1.71. The Hall–Kier alpha value is -2.11. The van der Waals surface area contributed by atoms with Crippen LogP contribution in [0.2, 0.25) is 5.02 Å². The second-order valence-electron chi connectivity index (χ2n) is 8.15. The van der Waals surface area contributed by atoms with Gasteiger partial charge in [0.05, 0.1) is 11.5 Å². The molecule has 2 aliphatic rings. The van der Waals surface area contributed by atoms with Crippen LogP contribution in [0.1, 0.15) is 45.1 Å². The van der Waals surface area contributed by atoms with Crippen molar-refractivity contribution in [1.29, 1.82) is 0 Å². The smallest absolute Gasteiger partial charge is 0.262 e. The minimum absolute atomic E-state index is 0.0830. The first kappa shape index (κ1) is 22.1. The van der Waals surface area contributed by atoms with Gasteiger partial charge in [0.2, 0.25) is 0 Å². The van der Waals surface area contributed by atoms with Gasteiger partial charge in [0.15, 0.2) is 5.50 Å². The van der Waals surface area contributed by atoms with Crippen LogP contribution in [0.15, 0.2) is 53.4 Å². The Balaban J connectivity index is 1.68. The normalized spacial score (nSPS) is 25.1. The molecule has 1 aliphatic carbocycles. The number of amides is 1. The Labute approximate surface area is 194 Å². The Morgan fingerprint density at radius 1 is 1.19 bits per heavy atom. The third-order valence-electron chi connectivity index (χ3n) is 5.98. The highest BCUT2D eigenvalue weighted by Crippen LogP contribution is 2.43. The standard InChI is InChI=1S/C25H29ClN2O2S/c1-3-30-22-14-13-19(26)15-18(22)16-23-24(29)28(21-12-8-7-9-17(21)2)25(31-23)27-20-10-5-4-6-11-20/h4-6,10-11,13-17,21,25,27H,3,7-9,12H2,1-2H3/b23-16-/t17-,21-,25?/m0/s1. The number of benzene rings is 2. The van der Waals surface area contributed by atoms with Crippen molar-refractivity contribution in [3.8, 4) is 5.75 Å². The number of carbonyl (C=O) groups excluding carboxylic acids is 1. The number of thioether (sulfide) groups is 1. The number of nitrogens with one attached hydrogen (secondary N) is 1. The molecule has 1 N–H and O–H groups in total. The summed E-state index contributed by atoms with van der Waals surface area (Å²) in [4.78, 5) is 16.4. The van der Waals surface area contributed by atoms with Crippen molar-refractivity contribution < 1.29 is 9.53 Å². The monoisotopic (exact) mass is 456 g/mol. The fourth-order valence-corrected chi connectivity index (χ4v) is 5.81. The van der Waals surface area contributed by atoms with Gasteiger partial charge in [0, 0.05) is 22.3 Å². The van der Waals surface area contributed by atoms with E-state index in [1.165, 1.54) is 19.3 Å². The molecule has 0 bridgehead atoms. The average Bonchev–Trinajstić information content (AvgIpc) is 3.06. The lowest BCUT2D eigenvalue weighted by Crippen LogP contribution is -2.48. The quantitative estimate of drug-likeness (QED) is 0.495. The van der Waals surface area contributed by atoms with Crippen molar-refractivity contribution in [3.05, 3.63) is 64.0 Å². The molecule has 1 unspecified atom stereocenters. The first-order valence-corrected chi connectivity index (χ1v) is 12.3. The minimum Gasteiger partial charge on any atom is -0.493 e. The molecule has 6 heteroatoms. The van der Waals surface area contributed by atoms with Crippen molar-refractivity contribution in [3.63, 3.8) is 0 Å². The summed E-state index contributed by atoms with van der Waals surface area (Å²) in [6.45, 7) is 4.78. The van der Waals surface area contributed by atoms with Crippen molar-refractivity contribution >= 4 is 41.0 Å². The molecule has 31 heavy (non-hydrogen) atoms. The van der Waals surface area contributed by atoms with Crippen molar-refractivity contribution in [2.45, 2.75) is 51.1 Å². The maximum Gasteiger partial charge on any atom is 0.262 e. The SMILES string of the molecule is CCOc1ccc(Cl)cc1/C=C1\SC(Nc2ccccc2)N([C@H]2CCCC[C@@H]2C)C1=O. The summed E-state index contributed by atoms with van der Waals surface area (Å²) in [7, 11) is 0. The molecule has 3 atom stereocenters. The van der Waals surface area contributed by atoms with E-state index in [4.69, 9.17) is 16.3 Å². The van der Waals surface area contributed by atoms with E-state index in [2.05, 4.69) is 17.1 Å². The molecule has 164 valence electrons. The zero-order valence-corrected chi connectivity index (χ0v) is 19.6. The molecule has 1 saturated carbocycles. The van der Waals surface area contributed by atoms with Gasteiger partial charge in [0.1, 0.15) is 5.75 Å².